The molecule has 0 N–H and O–H groups in total. The van der Waals surface area contributed by atoms with Crippen LogP contribution < -0.4 is 0 Å². The topological polar surface area (TPSA) is 46.6 Å². The summed E-state index contributed by atoms with van der Waals surface area (Å²) in [7, 11) is 3.17. The van der Waals surface area contributed by atoms with E-state index < -0.39 is 0 Å². The summed E-state index contributed by atoms with van der Waals surface area (Å²) >= 11 is 1.73. The van der Waals surface area contributed by atoms with Gasteiger partial charge in [0.1, 0.15) is 0 Å². The summed E-state index contributed by atoms with van der Waals surface area (Å²) in [6, 6.07) is 11.3. The maximum atomic E-state index is 12.2. The van der Waals surface area contributed by atoms with E-state index in [9.17, 15) is 9.59 Å². The normalized spacial score (nSPS) is 10.3. The number of thiophene rings is 1. The fourth-order valence-electron chi connectivity index (χ4n) is 2.29. The first-order chi connectivity index (χ1) is 11.1. The molecule has 0 aliphatic carbocycles. The van der Waals surface area contributed by atoms with Crippen molar-refractivity contribution in [3.05, 3.63) is 57.8 Å². The van der Waals surface area contributed by atoms with Crippen molar-refractivity contribution < 1.29 is 14.3 Å². The van der Waals surface area contributed by atoms with E-state index in [4.69, 9.17) is 0 Å². The molecule has 0 unspecified atom stereocenters. The van der Waals surface area contributed by atoms with Crippen LogP contribution in [-0.4, -0.2) is 30.9 Å². The molecule has 23 heavy (non-hydrogen) atoms. The molecule has 122 valence electrons. The molecule has 2 aromatic rings. The van der Waals surface area contributed by atoms with Crippen LogP contribution in [0.2, 0.25) is 0 Å². The molecular weight excluding hydrogens is 310 g/mol. The van der Waals surface area contributed by atoms with E-state index in [-0.39, 0.29) is 11.9 Å². The monoisotopic (exact) mass is 331 g/mol. The standard InChI is InChI=1S/C18H21NO3S/c1-19(17(20)7-3-5-16-6-4-12-23-16)13-14-8-10-15(11-9-14)18(21)22-2/h4,6,8-12H,3,5,7,13H2,1-2H3. The number of rotatable bonds is 7. The molecular formula is C18H21NO3S. The van der Waals surface area contributed by atoms with E-state index in [1.807, 2.05) is 25.2 Å². The Kier molecular flexibility index (Phi) is 6.35. The second-order valence-corrected chi connectivity index (χ2v) is 6.40. The summed E-state index contributed by atoms with van der Waals surface area (Å²) < 4.78 is 4.67. The SMILES string of the molecule is COC(=O)c1ccc(CN(C)C(=O)CCCc2cccs2)cc1. The quantitative estimate of drug-likeness (QED) is 0.729. The number of esters is 1. The predicted octanol–water partition coefficient (Wildman–Crippen LogP) is 3.52. The molecule has 1 heterocycles. The number of ether oxygens (including phenoxy) is 1. The maximum absolute atomic E-state index is 12.2. The Hall–Kier alpha value is -2.14. The van der Waals surface area contributed by atoms with Gasteiger partial charge in [-0.25, -0.2) is 4.79 Å². The summed E-state index contributed by atoms with van der Waals surface area (Å²) in [5, 5.41) is 2.06. The molecule has 0 aliphatic heterocycles. The van der Waals surface area contributed by atoms with E-state index in [0.717, 1.165) is 18.4 Å². The zero-order valence-electron chi connectivity index (χ0n) is 13.5. The smallest absolute Gasteiger partial charge is 0.337 e. The minimum atomic E-state index is -0.352. The molecule has 1 aromatic heterocycles. The Balaban J connectivity index is 1.79. The molecule has 2 rings (SSSR count). The third-order valence-corrected chi connectivity index (χ3v) is 4.55. The number of nitrogens with zero attached hydrogens (tertiary/aromatic N) is 1. The van der Waals surface area contributed by atoms with Gasteiger partial charge in [-0.05, 0) is 42.0 Å². The lowest BCUT2D eigenvalue weighted by atomic mass is 10.1. The summed E-state index contributed by atoms with van der Waals surface area (Å²) in [5.41, 5.74) is 1.51. The Bertz CT molecular complexity index is 635. The van der Waals surface area contributed by atoms with Crippen molar-refractivity contribution in [1.82, 2.24) is 4.90 Å². The molecule has 4 nitrogen and oxygen atoms in total. The Morgan fingerprint density at radius 1 is 1.17 bits per heavy atom. The molecule has 0 bridgehead atoms. The third kappa shape index (κ3) is 5.21. The van der Waals surface area contributed by atoms with E-state index >= 15 is 0 Å². The summed E-state index contributed by atoms with van der Waals surface area (Å²) in [5.74, 6) is -0.215. The number of hydrogen-bond donors (Lipinski definition) is 0. The molecule has 0 radical (unpaired) electrons. The lowest BCUT2D eigenvalue weighted by molar-refractivity contribution is -0.130. The molecule has 0 aliphatic rings. The van der Waals surface area contributed by atoms with Crippen LogP contribution in [0.4, 0.5) is 0 Å². The Labute approximate surface area is 140 Å². The van der Waals surface area contributed by atoms with Gasteiger partial charge in [-0.15, -0.1) is 11.3 Å². The molecule has 0 atom stereocenters. The van der Waals surface area contributed by atoms with Crippen molar-refractivity contribution in [1.29, 1.82) is 0 Å². The first kappa shape index (κ1) is 17.2. The summed E-state index contributed by atoms with van der Waals surface area (Å²) in [6.45, 7) is 0.541. The van der Waals surface area contributed by atoms with Crippen LogP contribution in [0, 0.1) is 0 Å². The molecule has 5 heteroatoms. The molecule has 1 amide bonds. The fraction of sp³-hybridized carbons (Fsp3) is 0.333. The van der Waals surface area contributed by atoms with Gasteiger partial charge >= 0.3 is 5.97 Å². The number of methoxy groups -OCH3 is 1. The highest BCUT2D eigenvalue weighted by molar-refractivity contribution is 7.09. The summed E-state index contributed by atoms with van der Waals surface area (Å²) in [4.78, 5) is 26.6. The van der Waals surface area contributed by atoms with E-state index in [1.165, 1.54) is 12.0 Å². The van der Waals surface area contributed by atoms with Crippen molar-refractivity contribution in [2.24, 2.45) is 0 Å². The van der Waals surface area contributed by atoms with Gasteiger partial charge in [0.15, 0.2) is 0 Å². The van der Waals surface area contributed by atoms with Crippen molar-refractivity contribution in [3.8, 4) is 0 Å². The van der Waals surface area contributed by atoms with Crippen LogP contribution in [0.3, 0.4) is 0 Å². The van der Waals surface area contributed by atoms with Gasteiger partial charge in [0.05, 0.1) is 12.7 Å². The largest absolute Gasteiger partial charge is 0.465 e. The van der Waals surface area contributed by atoms with Crippen molar-refractivity contribution >= 4 is 23.2 Å². The molecule has 1 aromatic carbocycles. The van der Waals surface area contributed by atoms with Gasteiger partial charge in [0.25, 0.3) is 0 Å². The van der Waals surface area contributed by atoms with Gasteiger partial charge in [0.2, 0.25) is 5.91 Å². The Morgan fingerprint density at radius 3 is 2.52 bits per heavy atom. The fourth-order valence-corrected chi connectivity index (χ4v) is 3.04. The highest BCUT2D eigenvalue weighted by Crippen LogP contribution is 2.13. The van der Waals surface area contributed by atoms with Crippen LogP contribution in [0.1, 0.15) is 33.6 Å². The van der Waals surface area contributed by atoms with Crippen LogP contribution in [0.15, 0.2) is 41.8 Å². The van der Waals surface area contributed by atoms with Crippen LogP contribution >= 0.6 is 11.3 Å². The molecule has 0 saturated heterocycles. The van der Waals surface area contributed by atoms with E-state index in [0.29, 0.717) is 18.5 Å². The highest BCUT2D eigenvalue weighted by atomic mass is 32.1. The number of benzene rings is 1. The second kappa shape index (κ2) is 8.48. The minimum absolute atomic E-state index is 0.138. The zero-order valence-corrected chi connectivity index (χ0v) is 14.3. The number of carbonyl (C=O) groups excluding carboxylic acids is 2. The van der Waals surface area contributed by atoms with Gasteiger partial charge < -0.3 is 9.64 Å². The maximum Gasteiger partial charge on any atom is 0.337 e. The first-order valence-electron chi connectivity index (χ1n) is 7.53. The average molecular weight is 331 g/mol. The van der Waals surface area contributed by atoms with Gasteiger partial charge in [0, 0.05) is 24.9 Å². The average Bonchev–Trinajstić information content (AvgIpc) is 3.08. The number of amides is 1. The van der Waals surface area contributed by atoms with Crippen molar-refractivity contribution in [2.45, 2.75) is 25.8 Å². The minimum Gasteiger partial charge on any atom is -0.465 e. The number of aryl methyl sites for hydroxylation is 1. The molecule has 0 spiro atoms. The first-order valence-corrected chi connectivity index (χ1v) is 8.41. The molecule has 0 fully saturated rings. The second-order valence-electron chi connectivity index (χ2n) is 5.37. The highest BCUT2D eigenvalue weighted by Gasteiger charge is 2.10. The third-order valence-electron chi connectivity index (χ3n) is 3.61. The predicted molar refractivity (Wildman–Crippen MR) is 91.5 cm³/mol. The van der Waals surface area contributed by atoms with Gasteiger partial charge in [-0.2, -0.15) is 0 Å². The van der Waals surface area contributed by atoms with Gasteiger partial charge in [-0.3, -0.25) is 4.79 Å². The lowest BCUT2D eigenvalue weighted by Crippen LogP contribution is -2.26. The van der Waals surface area contributed by atoms with Crippen molar-refractivity contribution in [3.63, 3.8) is 0 Å². The molecule has 0 saturated carbocycles. The zero-order chi connectivity index (χ0) is 16.7. The summed E-state index contributed by atoms with van der Waals surface area (Å²) in [6.07, 6.45) is 2.37. The number of hydrogen-bond acceptors (Lipinski definition) is 4. The number of carbonyl (C=O) groups is 2. The Morgan fingerprint density at radius 2 is 1.91 bits per heavy atom. The van der Waals surface area contributed by atoms with E-state index in [2.05, 4.69) is 16.2 Å². The van der Waals surface area contributed by atoms with Crippen LogP contribution in [-0.2, 0) is 22.5 Å². The lowest BCUT2D eigenvalue weighted by Gasteiger charge is -2.17. The van der Waals surface area contributed by atoms with Crippen molar-refractivity contribution in [2.75, 3.05) is 14.2 Å². The van der Waals surface area contributed by atoms with E-state index in [1.54, 1.807) is 28.4 Å². The van der Waals surface area contributed by atoms with Crippen LogP contribution in [0.5, 0.6) is 0 Å². The van der Waals surface area contributed by atoms with Crippen LogP contribution in [0.25, 0.3) is 0 Å². The van der Waals surface area contributed by atoms with Gasteiger partial charge in [-0.1, -0.05) is 18.2 Å².